The lowest BCUT2D eigenvalue weighted by molar-refractivity contribution is 0.500. The Hall–Kier alpha value is -0.720. The number of hydrogen-bond acceptors (Lipinski definition) is 1. The van der Waals surface area contributed by atoms with Crippen LogP contribution >= 0.6 is 0 Å². The molecule has 0 aromatic heterocycles. The average molecular weight is 157 g/mol. The molecular weight excluding hydrogens is 134 g/mol. The van der Waals surface area contributed by atoms with E-state index in [-0.39, 0.29) is 12.8 Å². The van der Waals surface area contributed by atoms with Crippen molar-refractivity contribution in [2.75, 3.05) is 0 Å². The van der Waals surface area contributed by atoms with Gasteiger partial charge in [-0.3, -0.25) is 0 Å². The topological polar surface area (TPSA) is 26.0 Å². The van der Waals surface area contributed by atoms with Crippen LogP contribution in [0.15, 0.2) is 24.9 Å². The zero-order valence-electron chi connectivity index (χ0n) is 7.57. The van der Waals surface area contributed by atoms with Crippen molar-refractivity contribution in [3.63, 3.8) is 0 Å². The maximum absolute atomic E-state index is 5.38. The fraction of sp³-hybridized carbons (Fsp3) is 0.600. The SMILES string of the molecule is C.C=C(N)C(C)(C)C.C=CC. The van der Waals surface area contributed by atoms with Crippen LogP contribution in [0.4, 0.5) is 0 Å². The largest absolute Gasteiger partial charge is 0.402 e. The van der Waals surface area contributed by atoms with Gasteiger partial charge < -0.3 is 5.73 Å². The number of rotatable bonds is 0. The Balaban J connectivity index is -0.000000140. The molecule has 0 heterocycles. The van der Waals surface area contributed by atoms with Crippen LogP contribution < -0.4 is 5.73 Å². The molecule has 0 bridgehead atoms. The minimum Gasteiger partial charge on any atom is -0.402 e. The molecule has 0 spiro atoms. The summed E-state index contributed by atoms with van der Waals surface area (Å²) in [6, 6.07) is 0. The Morgan fingerprint density at radius 2 is 1.45 bits per heavy atom. The van der Waals surface area contributed by atoms with E-state index in [4.69, 9.17) is 5.73 Å². The van der Waals surface area contributed by atoms with Gasteiger partial charge in [0.2, 0.25) is 0 Å². The third kappa shape index (κ3) is 17.6. The third-order valence-corrected chi connectivity index (χ3v) is 0.963. The zero-order valence-corrected chi connectivity index (χ0v) is 7.57. The molecule has 2 N–H and O–H groups in total. The molecule has 0 aliphatic carbocycles. The molecule has 1 nitrogen and oxygen atoms in total. The van der Waals surface area contributed by atoms with E-state index in [1.54, 1.807) is 6.08 Å². The monoisotopic (exact) mass is 157 g/mol. The highest BCUT2D eigenvalue weighted by Gasteiger charge is 2.09. The van der Waals surface area contributed by atoms with Crippen LogP contribution in [0.1, 0.15) is 35.1 Å². The van der Waals surface area contributed by atoms with Gasteiger partial charge in [0.05, 0.1) is 0 Å². The molecule has 0 aliphatic heterocycles. The van der Waals surface area contributed by atoms with Crippen LogP contribution in [0.25, 0.3) is 0 Å². The van der Waals surface area contributed by atoms with Crippen molar-refractivity contribution in [2.24, 2.45) is 11.1 Å². The Bertz CT molecular complexity index is 107. The van der Waals surface area contributed by atoms with Crippen molar-refractivity contribution >= 4 is 0 Å². The molecule has 0 unspecified atom stereocenters. The van der Waals surface area contributed by atoms with Gasteiger partial charge in [-0.05, 0) is 6.92 Å². The molecule has 0 saturated heterocycles. The van der Waals surface area contributed by atoms with E-state index in [9.17, 15) is 0 Å². The van der Waals surface area contributed by atoms with Gasteiger partial charge in [0.15, 0.2) is 0 Å². The predicted octanol–water partition coefficient (Wildman–Crippen LogP) is 3.33. The molecule has 0 saturated carbocycles. The van der Waals surface area contributed by atoms with E-state index < -0.39 is 0 Å². The van der Waals surface area contributed by atoms with E-state index in [2.05, 4.69) is 13.2 Å². The summed E-state index contributed by atoms with van der Waals surface area (Å²) in [5.41, 5.74) is 6.20. The first kappa shape index (κ1) is 16.7. The lowest BCUT2D eigenvalue weighted by atomic mass is 9.94. The maximum atomic E-state index is 5.38. The molecule has 0 rings (SSSR count). The summed E-state index contributed by atoms with van der Waals surface area (Å²) in [5.74, 6) is 0. The molecule has 0 radical (unpaired) electrons. The van der Waals surface area contributed by atoms with Gasteiger partial charge in [0.1, 0.15) is 0 Å². The maximum Gasteiger partial charge on any atom is 0.00621 e. The summed E-state index contributed by atoms with van der Waals surface area (Å²) in [7, 11) is 0. The molecular formula is C10H23N. The molecule has 68 valence electrons. The Morgan fingerprint density at radius 3 is 1.45 bits per heavy atom. The molecule has 0 atom stereocenters. The summed E-state index contributed by atoms with van der Waals surface area (Å²) in [4.78, 5) is 0. The fourth-order valence-electron chi connectivity index (χ4n) is 0. The molecule has 1 heteroatoms. The molecule has 0 fully saturated rings. The van der Waals surface area contributed by atoms with Gasteiger partial charge in [-0.15, -0.1) is 6.58 Å². The van der Waals surface area contributed by atoms with Crippen molar-refractivity contribution < 1.29 is 0 Å². The standard InChI is InChI=1S/C6H13N.C3H6.CH4/c1-5(7)6(2,3)4;1-3-2;/h1,7H2,2-4H3;3H,1H2,2H3;1H4. The van der Waals surface area contributed by atoms with Crippen LogP contribution in [0, 0.1) is 5.41 Å². The molecule has 0 aliphatic rings. The number of allylic oxidation sites excluding steroid dienone is 2. The highest BCUT2D eigenvalue weighted by molar-refractivity contribution is 4.98. The lowest BCUT2D eigenvalue weighted by Gasteiger charge is -2.16. The van der Waals surface area contributed by atoms with E-state index >= 15 is 0 Å². The Morgan fingerprint density at radius 1 is 1.36 bits per heavy atom. The van der Waals surface area contributed by atoms with Crippen molar-refractivity contribution in [3.8, 4) is 0 Å². The first-order valence-corrected chi connectivity index (χ1v) is 3.38. The van der Waals surface area contributed by atoms with Crippen LogP contribution in [-0.4, -0.2) is 0 Å². The minimum atomic E-state index is 0. The predicted molar refractivity (Wildman–Crippen MR) is 55.4 cm³/mol. The average Bonchev–Trinajstić information content (AvgIpc) is 1.64. The second-order valence-electron chi connectivity index (χ2n) is 3.18. The van der Waals surface area contributed by atoms with Gasteiger partial charge in [-0.25, -0.2) is 0 Å². The van der Waals surface area contributed by atoms with E-state index in [1.165, 1.54) is 0 Å². The van der Waals surface area contributed by atoms with E-state index in [1.807, 2.05) is 27.7 Å². The van der Waals surface area contributed by atoms with Crippen LogP contribution in [-0.2, 0) is 0 Å². The molecule has 11 heavy (non-hydrogen) atoms. The van der Waals surface area contributed by atoms with Gasteiger partial charge in [-0.2, -0.15) is 0 Å². The summed E-state index contributed by atoms with van der Waals surface area (Å²) in [6.45, 7) is 15.0. The van der Waals surface area contributed by atoms with Crippen molar-refractivity contribution in [1.82, 2.24) is 0 Å². The number of nitrogens with two attached hydrogens (primary N) is 1. The van der Waals surface area contributed by atoms with Crippen molar-refractivity contribution in [3.05, 3.63) is 24.9 Å². The Kier molecular flexibility index (Phi) is 11.2. The van der Waals surface area contributed by atoms with Crippen molar-refractivity contribution in [1.29, 1.82) is 0 Å². The second kappa shape index (κ2) is 7.39. The van der Waals surface area contributed by atoms with Crippen molar-refractivity contribution in [2.45, 2.75) is 35.1 Å². The molecule has 0 amide bonds. The summed E-state index contributed by atoms with van der Waals surface area (Å²) >= 11 is 0. The van der Waals surface area contributed by atoms with Gasteiger partial charge >= 0.3 is 0 Å². The van der Waals surface area contributed by atoms with Gasteiger partial charge in [0.25, 0.3) is 0 Å². The summed E-state index contributed by atoms with van der Waals surface area (Å²) < 4.78 is 0. The summed E-state index contributed by atoms with van der Waals surface area (Å²) in [5, 5.41) is 0. The lowest BCUT2D eigenvalue weighted by Crippen LogP contribution is -2.14. The molecule has 0 aromatic carbocycles. The first-order valence-electron chi connectivity index (χ1n) is 3.38. The molecule has 0 aromatic rings. The van der Waals surface area contributed by atoms with Crippen LogP contribution in [0.2, 0.25) is 0 Å². The third-order valence-electron chi connectivity index (χ3n) is 0.963. The van der Waals surface area contributed by atoms with Gasteiger partial charge in [-0.1, -0.05) is 40.9 Å². The van der Waals surface area contributed by atoms with E-state index in [0.29, 0.717) is 0 Å². The zero-order chi connectivity index (χ0) is 8.78. The highest BCUT2D eigenvalue weighted by atomic mass is 14.6. The Labute approximate surface area is 72.0 Å². The normalized spacial score (nSPS) is 8.36. The quantitative estimate of drug-likeness (QED) is 0.536. The smallest absolute Gasteiger partial charge is 0.00621 e. The number of hydrogen-bond donors (Lipinski definition) is 1. The second-order valence-corrected chi connectivity index (χ2v) is 3.18. The van der Waals surface area contributed by atoms with Gasteiger partial charge in [0, 0.05) is 11.1 Å². The van der Waals surface area contributed by atoms with E-state index in [0.717, 1.165) is 5.70 Å². The first-order chi connectivity index (χ1) is 4.36. The van der Waals surface area contributed by atoms with Crippen LogP contribution in [0.3, 0.4) is 0 Å². The fourth-order valence-corrected chi connectivity index (χ4v) is 0. The van der Waals surface area contributed by atoms with Crippen LogP contribution in [0.5, 0.6) is 0 Å². The minimum absolute atomic E-state index is 0. The highest BCUT2D eigenvalue weighted by Crippen LogP contribution is 2.17. The summed E-state index contributed by atoms with van der Waals surface area (Å²) in [6.07, 6.45) is 1.75.